The Morgan fingerprint density at radius 3 is 2.65 bits per heavy atom. The highest BCUT2D eigenvalue weighted by molar-refractivity contribution is 6.19. The summed E-state index contributed by atoms with van der Waals surface area (Å²) in [7, 11) is 0. The number of ether oxygens (including phenoxy) is 1. The Kier molecular flexibility index (Phi) is 8.97. The van der Waals surface area contributed by atoms with Gasteiger partial charge in [-0.1, -0.05) is 56.1 Å². The van der Waals surface area contributed by atoms with E-state index < -0.39 is 5.56 Å². The van der Waals surface area contributed by atoms with Crippen LogP contribution in [0.2, 0.25) is 0 Å². The molecule has 0 bridgehead atoms. The second kappa shape index (κ2) is 10.5. The maximum Gasteiger partial charge on any atom is 0.306 e. The monoisotopic (exact) mass is 338 g/mol. The summed E-state index contributed by atoms with van der Waals surface area (Å²) in [6, 6.07) is 5.65. The van der Waals surface area contributed by atoms with Crippen LogP contribution in [-0.4, -0.2) is 17.7 Å². The maximum atomic E-state index is 11.6. The number of carbonyl (C=O) groups excluding carboxylic acids is 1. The van der Waals surface area contributed by atoms with Crippen molar-refractivity contribution in [2.24, 2.45) is 0 Å². The fraction of sp³-hybridized carbons (Fsp3) is 0.526. The number of hydrogen-bond donors (Lipinski definition) is 1. The second-order valence-electron chi connectivity index (χ2n) is 5.57. The van der Waals surface area contributed by atoms with E-state index in [4.69, 9.17) is 16.3 Å². The van der Waals surface area contributed by atoms with Crippen molar-refractivity contribution < 1.29 is 14.6 Å². The molecule has 1 N–H and O–H groups in total. The molecular formula is C19H27ClO3. The van der Waals surface area contributed by atoms with Gasteiger partial charge in [-0.25, -0.2) is 0 Å². The Hall–Kier alpha value is -1.32. The Morgan fingerprint density at radius 2 is 2.04 bits per heavy atom. The van der Waals surface area contributed by atoms with Gasteiger partial charge in [-0.05, 0) is 48.4 Å². The molecule has 0 aliphatic carbocycles. The van der Waals surface area contributed by atoms with Crippen LogP contribution in [0.4, 0.5) is 0 Å². The molecule has 1 aromatic carbocycles. The number of halogens is 1. The lowest BCUT2D eigenvalue weighted by Gasteiger charge is -2.17. The third-order valence-electron chi connectivity index (χ3n) is 3.82. The van der Waals surface area contributed by atoms with Gasteiger partial charge in [0.2, 0.25) is 0 Å². The van der Waals surface area contributed by atoms with Gasteiger partial charge in [-0.3, -0.25) is 4.79 Å². The molecule has 0 saturated heterocycles. The highest BCUT2D eigenvalue weighted by Gasteiger charge is 2.16. The molecule has 1 rings (SSSR count). The van der Waals surface area contributed by atoms with Gasteiger partial charge < -0.3 is 9.84 Å². The highest BCUT2D eigenvalue weighted by Crippen LogP contribution is 2.31. The van der Waals surface area contributed by atoms with E-state index in [0.29, 0.717) is 18.6 Å². The largest absolute Gasteiger partial charge is 0.466 e. The molecule has 23 heavy (non-hydrogen) atoms. The number of allylic oxidation sites excluding steroid dienone is 1. The zero-order valence-corrected chi connectivity index (χ0v) is 14.9. The van der Waals surface area contributed by atoms with Gasteiger partial charge in [0.05, 0.1) is 6.61 Å². The predicted molar refractivity (Wildman–Crippen MR) is 95.4 cm³/mol. The van der Waals surface area contributed by atoms with Gasteiger partial charge in [0.1, 0.15) is 0 Å². The SMILES string of the molecule is C=C(CCCCC)c1cccc(C(O)Cl)c1CCC(=O)OCC. The molecule has 0 radical (unpaired) electrons. The lowest BCUT2D eigenvalue weighted by molar-refractivity contribution is -0.143. The Balaban J connectivity index is 2.97. The van der Waals surface area contributed by atoms with Crippen LogP contribution < -0.4 is 0 Å². The fourth-order valence-corrected chi connectivity index (χ4v) is 2.83. The van der Waals surface area contributed by atoms with Gasteiger partial charge in [-0.15, -0.1) is 0 Å². The molecule has 1 unspecified atom stereocenters. The molecule has 0 saturated carbocycles. The van der Waals surface area contributed by atoms with Crippen LogP contribution in [-0.2, 0) is 16.0 Å². The molecular weight excluding hydrogens is 312 g/mol. The first kappa shape index (κ1) is 19.7. The number of aliphatic hydroxyl groups excluding tert-OH is 1. The van der Waals surface area contributed by atoms with Gasteiger partial charge in [0, 0.05) is 6.42 Å². The lowest BCUT2D eigenvalue weighted by atomic mass is 9.91. The van der Waals surface area contributed by atoms with E-state index in [1.807, 2.05) is 12.1 Å². The first-order valence-electron chi connectivity index (χ1n) is 8.28. The molecule has 0 heterocycles. The van der Waals surface area contributed by atoms with Crippen molar-refractivity contribution in [3.05, 3.63) is 41.5 Å². The molecule has 0 fully saturated rings. The van der Waals surface area contributed by atoms with Crippen molar-refractivity contribution in [1.29, 1.82) is 0 Å². The number of esters is 1. The number of benzene rings is 1. The van der Waals surface area contributed by atoms with Crippen LogP contribution in [0.5, 0.6) is 0 Å². The standard InChI is InChI=1S/C19H27ClO3/c1-4-6-7-9-14(3)15-10-8-11-17(19(20)22)16(15)12-13-18(21)23-5-2/h8,10-11,19,22H,3-7,9,12-13H2,1-2H3. The summed E-state index contributed by atoms with van der Waals surface area (Å²) < 4.78 is 4.99. The minimum absolute atomic E-state index is 0.242. The van der Waals surface area contributed by atoms with Crippen molar-refractivity contribution in [3.8, 4) is 0 Å². The van der Waals surface area contributed by atoms with Gasteiger partial charge >= 0.3 is 5.97 Å². The van der Waals surface area contributed by atoms with Crippen molar-refractivity contribution in [3.63, 3.8) is 0 Å². The van der Waals surface area contributed by atoms with Gasteiger partial charge in [-0.2, -0.15) is 0 Å². The molecule has 0 amide bonds. The van der Waals surface area contributed by atoms with Crippen LogP contribution in [0.3, 0.4) is 0 Å². The van der Waals surface area contributed by atoms with Crippen LogP contribution in [0.1, 0.15) is 68.2 Å². The first-order chi connectivity index (χ1) is 11.0. The third-order valence-corrected chi connectivity index (χ3v) is 4.05. The normalized spacial score (nSPS) is 12.0. The van der Waals surface area contributed by atoms with E-state index in [1.54, 1.807) is 13.0 Å². The summed E-state index contributed by atoms with van der Waals surface area (Å²) in [6.07, 6.45) is 5.06. The topological polar surface area (TPSA) is 46.5 Å². The lowest BCUT2D eigenvalue weighted by Crippen LogP contribution is -2.08. The molecule has 1 atom stereocenters. The fourth-order valence-electron chi connectivity index (χ4n) is 2.62. The van der Waals surface area contributed by atoms with Gasteiger partial charge in [0.15, 0.2) is 5.56 Å². The smallest absolute Gasteiger partial charge is 0.306 e. The zero-order chi connectivity index (χ0) is 17.2. The predicted octanol–water partition coefficient (Wildman–Crippen LogP) is 5.01. The number of aliphatic hydroxyl groups is 1. The third kappa shape index (κ3) is 6.36. The summed E-state index contributed by atoms with van der Waals surface area (Å²) in [4.78, 5) is 11.6. The summed E-state index contributed by atoms with van der Waals surface area (Å²) in [6.45, 7) is 8.50. The van der Waals surface area contributed by atoms with Crippen LogP contribution in [0.15, 0.2) is 24.8 Å². The maximum absolute atomic E-state index is 11.6. The number of hydrogen-bond acceptors (Lipinski definition) is 3. The molecule has 0 spiro atoms. The van der Waals surface area contributed by atoms with Crippen LogP contribution >= 0.6 is 11.6 Å². The number of alkyl halides is 1. The summed E-state index contributed by atoms with van der Waals surface area (Å²) in [5.74, 6) is -0.242. The summed E-state index contributed by atoms with van der Waals surface area (Å²) >= 11 is 5.90. The summed E-state index contributed by atoms with van der Waals surface area (Å²) in [5, 5.41) is 9.81. The summed E-state index contributed by atoms with van der Waals surface area (Å²) in [5.41, 5.74) is 2.46. The average molecular weight is 339 g/mol. The van der Waals surface area contributed by atoms with E-state index in [0.717, 1.165) is 42.4 Å². The van der Waals surface area contributed by atoms with Gasteiger partial charge in [0.25, 0.3) is 0 Å². The van der Waals surface area contributed by atoms with Crippen molar-refractivity contribution >= 4 is 23.1 Å². The Labute approximate surface area is 144 Å². The number of rotatable bonds is 10. The molecule has 0 aromatic heterocycles. The minimum atomic E-state index is -1.09. The van der Waals surface area contributed by atoms with E-state index in [1.165, 1.54) is 0 Å². The Morgan fingerprint density at radius 1 is 1.30 bits per heavy atom. The molecule has 4 heteroatoms. The van der Waals surface area contributed by atoms with E-state index in [2.05, 4.69) is 13.5 Å². The van der Waals surface area contributed by atoms with E-state index in [9.17, 15) is 9.90 Å². The van der Waals surface area contributed by atoms with E-state index in [-0.39, 0.29) is 12.4 Å². The number of carbonyl (C=O) groups is 1. The second-order valence-corrected chi connectivity index (χ2v) is 5.99. The molecule has 1 aromatic rings. The molecule has 0 aliphatic rings. The molecule has 3 nitrogen and oxygen atoms in total. The highest BCUT2D eigenvalue weighted by atomic mass is 35.5. The van der Waals surface area contributed by atoms with Crippen LogP contribution in [0.25, 0.3) is 5.57 Å². The minimum Gasteiger partial charge on any atom is -0.466 e. The van der Waals surface area contributed by atoms with Crippen molar-refractivity contribution in [1.82, 2.24) is 0 Å². The molecule has 0 aliphatic heterocycles. The Bertz CT molecular complexity index is 523. The number of unbranched alkanes of at least 4 members (excludes halogenated alkanes) is 2. The van der Waals surface area contributed by atoms with Crippen molar-refractivity contribution in [2.45, 2.75) is 57.9 Å². The zero-order valence-electron chi connectivity index (χ0n) is 14.1. The first-order valence-corrected chi connectivity index (χ1v) is 8.72. The van der Waals surface area contributed by atoms with Crippen LogP contribution in [0, 0.1) is 0 Å². The van der Waals surface area contributed by atoms with Crippen molar-refractivity contribution in [2.75, 3.05) is 6.61 Å². The van der Waals surface area contributed by atoms with E-state index >= 15 is 0 Å². The molecule has 128 valence electrons. The average Bonchev–Trinajstić information content (AvgIpc) is 2.52. The quantitative estimate of drug-likeness (QED) is 0.371.